The molecule has 312 valence electrons. The van der Waals surface area contributed by atoms with E-state index in [-0.39, 0.29) is 25.0 Å². The van der Waals surface area contributed by atoms with Crippen LogP contribution < -0.4 is 25.4 Å². The average molecular weight is 830 g/mol. The van der Waals surface area contributed by atoms with Gasteiger partial charge in [0, 0.05) is 53.4 Å². The Balaban J connectivity index is 1.12. The van der Waals surface area contributed by atoms with Gasteiger partial charge in [-0.1, -0.05) is 13.0 Å². The first-order chi connectivity index (χ1) is 27.0. The number of hydrogen-bond acceptors (Lipinski definition) is 14. The highest BCUT2D eigenvalue weighted by atomic mass is 32.1. The van der Waals surface area contributed by atoms with Crippen LogP contribution in [-0.4, -0.2) is 89.0 Å². The number of phosphoric ester groups is 1. The van der Waals surface area contributed by atoms with E-state index < -0.39 is 24.8 Å². The van der Waals surface area contributed by atoms with Crippen LogP contribution >= 0.6 is 19.2 Å². The quantitative estimate of drug-likeness (QED) is 0.0576. The van der Waals surface area contributed by atoms with Crippen molar-refractivity contribution in [3.63, 3.8) is 0 Å². The van der Waals surface area contributed by atoms with E-state index in [0.29, 0.717) is 52.8 Å². The number of nitrogens with one attached hydrogen (secondary N) is 3. The number of likely N-dealkylation sites (tertiary alicyclic amines) is 1. The van der Waals surface area contributed by atoms with Gasteiger partial charge >= 0.3 is 7.82 Å². The third-order valence-electron chi connectivity index (χ3n) is 8.84. The van der Waals surface area contributed by atoms with Gasteiger partial charge in [0.2, 0.25) is 5.91 Å². The lowest BCUT2D eigenvalue weighted by molar-refractivity contribution is -0.115. The number of anilines is 3. The van der Waals surface area contributed by atoms with E-state index >= 15 is 0 Å². The predicted molar refractivity (Wildman–Crippen MR) is 222 cm³/mol. The third kappa shape index (κ3) is 13.7. The molecule has 0 bridgehead atoms. The molecule has 1 aliphatic rings. The molecule has 3 N–H and O–H groups in total. The minimum atomic E-state index is -3.77. The minimum Gasteiger partial charge on any atom is -0.493 e. The number of amides is 1. The molecule has 3 heterocycles. The van der Waals surface area contributed by atoms with Crippen molar-refractivity contribution in [1.82, 2.24) is 25.2 Å². The molecule has 0 radical (unpaired) electrons. The normalized spacial score (nSPS) is 15.8. The highest BCUT2D eigenvalue weighted by Crippen LogP contribution is 2.55. The van der Waals surface area contributed by atoms with Gasteiger partial charge in [0.05, 0.1) is 43.5 Å². The van der Waals surface area contributed by atoms with E-state index in [2.05, 4.69) is 42.7 Å². The predicted octanol–water partition coefficient (Wildman–Crippen LogP) is 8.52. The van der Waals surface area contributed by atoms with Crippen molar-refractivity contribution < 1.29 is 36.8 Å². The number of thiazole rings is 1. The number of methoxy groups -OCH3 is 1. The van der Waals surface area contributed by atoms with Crippen molar-refractivity contribution in [2.75, 3.05) is 50.6 Å². The fourth-order valence-corrected chi connectivity index (χ4v) is 9.25. The number of halogens is 1. The fourth-order valence-electron chi connectivity index (χ4n) is 6.65. The smallest absolute Gasteiger partial charge is 0.475 e. The van der Waals surface area contributed by atoms with E-state index in [9.17, 15) is 13.8 Å². The molecule has 4 aromatic rings. The Hall–Kier alpha value is -3.76. The first kappa shape index (κ1) is 44.3. The second-order valence-corrected chi connectivity index (χ2v) is 18.5. The Morgan fingerprint density at radius 1 is 1.05 bits per heavy atom. The zero-order chi connectivity index (χ0) is 41.2. The van der Waals surface area contributed by atoms with Crippen LogP contribution in [-0.2, 0) is 29.4 Å². The van der Waals surface area contributed by atoms with Crippen LogP contribution in [0.15, 0.2) is 48.9 Å². The molecule has 1 amide bonds. The monoisotopic (exact) mass is 829 g/mol. The maximum Gasteiger partial charge on any atom is 0.475 e. The van der Waals surface area contributed by atoms with Crippen molar-refractivity contribution in [2.45, 2.75) is 104 Å². The van der Waals surface area contributed by atoms with Crippen LogP contribution in [0.1, 0.15) is 79.0 Å². The number of fused-ring (bicyclic) bond motifs is 1. The van der Waals surface area contributed by atoms with E-state index in [1.54, 1.807) is 25.4 Å². The standard InChI is InChI=1S/C40H57FN7O7PS/c1-9-31(42-16-20-53-56(50,54-39(2,3)4)55-40(5,6)7)33-15-11-17-48(33)18-12-19-52-35-24-32-30(23-34(35)51-8)37(45-26-44-32)47-38-43-25-29(57-38)22-36(49)46-28-14-10-13-27(41)21-28/h10,13-14,21,23-26,31,33,42H,9,11-12,15-20,22H2,1-8H3,(H,46,49)(H,43,44,45,47). The maximum absolute atomic E-state index is 13.5. The van der Waals surface area contributed by atoms with Crippen molar-refractivity contribution >= 4 is 52.6 Å². The Morgan fingerprint density at radius 3 is 2.53 bits per heavy atom. The van der Waals surface area contributed by atoms with Crippen LogP contribution in [0.25, 0.3) is 10.9 Å². The van der Waals surface area contributed by atoms with Gasteiger partial charge in [-0.2, -0.15) is 0 Å². The van der Waals surface area contributed by atoms with Gasteiger partial charge in [0.15, 0.2) is 16.6 Å². The zero-order valence-electron chi connectivity index (χ0n) is 34.2. The van der Waals surface area contributed by atoms with E-state index in [4.69, 9.17) is 23.0 Å². The summed E-state index contributed by atoms with van der Waals surface area (Å²) in [7, 11) is -2.17. The zero-order valence-corrected chi connectivity index (χ0v) is 35.9. The number of carbonyl (C=O) groups excluding carboxylic acids is 1. The summed E-state index contributed by atoms with van der Waals surface area (Å²) in [6, 6.07) is 10.1. The number of nitrogens with zero attached hydrogens (tertiary/aromatic N) is 4. The number of hydrogen-bond donors (Lipinski definition) is 3. The number of phosphoric acid groups is 1. The molecule has 2 unspecified atom stereocenters. The number of rotatable bonds is 20. The Bertz CT molecular complexity index is 1970. The van der Waals surface area contributed by atoms with Crippen molar-refractivity contribution in [3.8, 4) is 11.5 Å². The van der Waals surface area contributed by atoms with Gasteiger partial charge in [-0.15, -0.1) is 11.3 Å². The molecule has 2 aromatic carbocycles. The largest absolute Gasteiger partial charge is 0.493 e. The van der Waals surface area contributed by atoms with Crippen LogP contribution in [0.5, 0.6) is 11.5 Å². The summed E-state index contributed by atoms with van der Waals surface area (Å²) < 4.78 is 56.2. The lowest BCUT2D eigenvalue weighted by atomic mass is 10.0. The highest BCUT2D eigenvalue weighted by Gasteiger charge is 2.37. The van der Waals surface area contributed by atoms with Gasteiger partial charge in [0.1, 0.15) is 18.0 Å². The van der Waals surface area contributed by atoms with Crippen LogP contribution in [0.3, 0.4) is 0 Å². The molecular formula is C40H57FN7O7PS. The molecular weight excluding hydrogens is 773 g/mol. The Morgan fingerprint density at radius 2 is 1.82 bits per heavy atom. The first-order valence-electron chi connectivity index (χ1n) is 19.4. The van der Waals surface area contributed by atoms with E-state index in [1.807, 2.05) is 53.7 Å². The van der Waals surface area contributed by atoms with Gasteiger partial charge in [-0.05, 0) is 98.0 Å². The summed E-state index contributed by atoms with van der Waals surface area (Å²) in [6.45, 7) is 16.2. The molecule has 1 saturated heterocycles. The number of carbonyl (C=O) groups is 1. The second-order valence-electron chi connectivity index (χ2n) is 15.8. The molecule has 5 rings (SSSR count). The van der Waals surface area contributed by atoms with Crippen molar-refractivity contribution in [1.29, 1.82) is 0 Å². The molecule has 1 aliphatic heterocycles. The molecule has 14 nitrogen and oxygen atoms in total. The second kappa shape index (κ2) is 19.8. The molecule has 17 heteroatoms. The molecule has 2 atom stereocenters. The number of benzene rings is 2. The lowest BCUT2D eigenvalue weighted by Gasteiger charge is -2.33. The van der Waals surface area contributed by atoms with Gasteiger partial charge in [-0.3, -0.25) is 23.3 Å². The van der Waals surface area contributed by atoms with Crippen LogP contribution in [0.4, 0.5) is 21.0 Å². The average Bonchev–Trinajstić information content (AvgIpc) is 3.77. The molecule has 57 heavy (non-hydrogen) atoms. The fraction of sp³-hybridized carbons (Fsp3) is 0.550. The van der Waals surface area contributed by atoms with Crippen molar-refractivity contribution in [3.05, 3.63) is 59.6 Å². The van der Waals surface area contributed by atoms with Crippen LogP contribution in [0, 0.1) is 5.82 Å². The third-order valence-corrected chi connectivity index (χ3v) is 11.8. The van der Waals surface area contributed by atoms with Gasteiger partial charge in [-0.25, -0.2) is 23.9 Å². The molecule has 0 saturated carbocycles. The number of aromatic nitrogens is 3. The summed E-state index contributed by atoms with van der Waals surface area (Å²) in [5.74, 6) is 0.980. The summed E-state index contributed by atoms with van der Waals surface area (Å²) >= 11 is 1.32. The Labute approximate surface area is 339 Å². The van der Waals surface area contributed by atoms with E-state index in [1.165, 1.54) is 29.8 Å². The maximum atomic E-state index is 13.5. The topological polar surface area (TPSA) is 158 Å². The lowest BCUT2D eigenvalue weighted by Crippen LogP contribution is -2.48. The van der Waals surface area contributed by atoms with Gasteiger partial charge < -0.3 is 25.4 Å². The summed E-state index contributed by atoms with van der Waals surface area (Å²) in [4.78, 5) is 29.1. The molecule has 0 aliphatic carbocycles. The summed E-state index contributed by atoms with van der Waals surface area (Å²) in [6.07, 6.45) is 7.16. The van der Waals surface area contributed by atoms with Gasteiger partial charge in [0.25, 0.3) is 0 Å². The minimum absolute atomic E-state index is 0.0895. The molecule has 1 fully saturated rings. The summed E-state index contributed by atoms with van der Waals surface area (Å²) in [5, 5.41) is 10.9. The highest BCUT2D eigenvalue weighted by molar-refractivity contribution is 7.48. The van der Waals surface area contributed by atoms with E-state index in [0.717, 1.165) is 49.0 Å². The first-order valence-corrected chi connectivity index (χ1v) is 21.7. The SMILES string of the molecule is CCC(NCCOP(=O)(OC(C)(C)C)OC(C)(C)C)C1CCCN1CCCOc1cc2ncnc(Nc3ncc(CC(=O)Nc4cccc(F)c4)s3)c2cc1OC. The Kier molecular flexibility index (Phi) is 15.4. The summed E-state index contributed by atoms with van der Waals surface area (Å²) in [5.41, 5.74) is -0.307. The molecule has 2 aromatic heterocycles. The molecule has 0 spiro atoms. The number of ether oxygens (including phenoxy) is 2. The van der Waals surface area contributed by atoms with Crippen LogP contribution in [0.2, 0.25) is 0 Å². The van der Waals surface area contributed by atoms with Crippen molar-refractivity contribution in [2.24, 2.45) is 0 Å².